The molecule has 1 saturated heterocycles. The molecule has 2 unspecified atom stereocenters. The number of methoxy groups -OCH3 is 1. The lowest BCUT2D eigenvalue weighted by Crippen LogP contribution is -2.50. The van der Waals surface area contributed by atoms with Crippen LogP contribution in [-0.4, -0.2) is 34.0 Å². The first-order chi connectivity index (χ1) is 17.2. The predicted molar refractivity (Wildman–Crippen MR) is 130 cm³/mol. The summed E-state index contributed by atoms with van der Waals surface area (Å²) in [5, 5.41) is 0. The number of ether oxygens (including phenoxy) is 1. The lowest BCUT2D eigenvalue weighted by atomic mass is 9.68. The normalized spacial score (nSPS) is 22.9. The molecular weight excluding hydrogens is 467 g/mol. The van der Waals surface area contributed by atoms with Crippen molar-refractivity contribution >= 4 is 5.91 Å². The molecule has 190 valence electrons. The van der Waals surface area contributed by atoms with Gasteiger partial charge in [-0.1, -0.05) is 12.5 Å². The Morgan fingerprint density at radius 3 is 2.50 bits per heavy atom. The highest BCUT2D eigenvalue weighted by molar-refractivity contribution is 5.85. The third kappa shape index (κ3) is 3.96. The molecule has 3 aromatic rings. The van der Waals surface area contributed by atoms with E-state index in [0.29, 0.717) is 12.3 Å². The van der Waals surface area contributed by atoms with Gasteiger partial charge in [0.15, 0.2) is 17.5 Å². The van der Waals surface area contributed by atoms with Crippen LogP contribution >= 0.6 is 0 Å². The van der Waals surface area contributed by atoms with Crippen molar-refractivity contribution in [2.45, 2.75) is 57.9 Å². The van der Waals surface area contributed by atoms with E-state index in [9.17, 15) is 18.0 Å². The second-order valence-electron chi connectivity index (χ2n) is 10.0. The monoisotopic (exact) mass is 497 g/mol. The van der Waals surface area contributed by atoms with Crippen molar-refractivity contribution in [2.75, 3.05) is 13.7 Å². The van der Waals surface area contributed by atoms with Crippen LogP contribution in [0, 0.1) is 29.8 Å². The van der Waals surface area contributed by atoms with Crippen molar-refractivity contribution < 1.29 is 22.7 Å². The molecule has 1 aliphatic heterocycles. The van der Waals surface area contributed by atoms with E-state index in [2.05, 4.69) is 11.1 Å². The van der Waals surface area contributed by atoms with Crippen LogP contribution in [0.1, 0.15) is 67.8 Å². The number of hydrogen-bond donors (Lipinski definition) is 0. The summed E-state index contributed by atoms with van der Waals surface area (Å²) in [6, 6.07) is 7.49. The number of aryl methyl sites for hydroxylation is 1. The van der Waals surface area contributed by atoms with Gasteiger partial charge < -0.3 is 14.2 Å². The van der Waals surface area contributed by atoms with Gasteiger partial charge in [-0.25, -0.2) is 18.2 Å². The summed E-state index contributed by atoms with van der Waals surface area (Å²) in [6.07, 6.45) is 7.79. The number of carbonyl (C=O) groups excluding carboxylic acids is 1. The zero-order valence-corrected chi connectivity index (χ0v) is 20.7. The summed E-state index contributed by atoms with van der Waals surface area (Å²) in [6.45, 7) is 4.17. The maximum atomic E-state index is 14.1. The van der Waals surface area contributed by atoms with Crippen LogP contribution in [0.15, 0.2) is 42.9 Å². The van der Waals surface area contributed by atoms with Crippen molar-refractivity contribution in [1.29, 1.82) is 0 Å². The molecule has 8 heteroatoms. The molecule has 0 radical (unpaired) electrons. The fourth-order valence-corrected chi connectivity index (χ4v) is 6.22. The number of amides is 1. The van der Waals surface area contributed by atoms with Gasteiger partial charge in [0.1, 0.15) is 5.75 Å². The van der Waals surface area contributed by atoms with E-state index >= 15 is 0 Å². The van der Waals surface area contributed by atoms with Crippen molar-refractivity contribution in [2.24, 2.45) is 5.41 Å². The summed E-state index contributed by atoms with van der Waals surface area (Å²) in [5.41, 5.74) is 2.50. The molecule has 36 heavy (non-hydrogen) atoms. The average Bonchev–Trinajstić information content (AvgIpc) is 3.50. The number of rotatable bonds is 5. The third-order valence-corrected chi connectivity index (χ3v) is 8.04. The molecule has 0 bridgehead atoms. The van der Waals surface area contributed by atoms with Gasteiger partial charge in [-0.15, -0.1) is 0 Å². The number of aromatic nitrogens is 2. The van der Waals surface area contributed by atoms with Gasteiger partial charge in [0, 0.05) is 12.7 Å². The fourth-order valence-electron chi connectivity index (χ4n) is 6.22. The second kappa shape index (κ2) is 9.30. The minimum Gasteiger partial charge on any atom is -0.495 e. The predicted octanol–water partition coefficient (Wildman–Crippen LogP) is 6.24. The highest BCUT2D eigenvalue weighted by Gasteiger charge is 2.53. The molecule has 5 rings (SSSR count). The van der Waals surface area contributed by atoms with Crippen LogP contribution in [0.2, 0.25) is 0 Å². The number of carbonyl (C=O) groups is 1. The molecule has 1 amide bonds. The first-order valence-corrected chi connectivity index (χ1v) is 12.4. The first kappa shape index (κ1) is 24.4. The van der Waals surface area contributed by atoms with Gasteiger partial charge in [0.25, 0.3) is 0 Å². The molecule has 0 N–H and O–H groups in total. The fraction of sp³-hybridized carbons (Fsp3) is 0.429. The molecule has 1 spiro atoms. The van der Waals surface area contributed by atoms with Gasteiger partial charge in [-0.2, -0.15) is 0 Å². The minimum absolute atomic E-state index is 0.00201. The van der Waals surface area contributed by atoms with Gasteiger partial charge in [0.2, 0.25) is 5.91 Å². The van der Waals surface area contributed by atoms with Gasteiger partial charge in [-0.05, 0) is 80.8 Å². The van der Waals surface area contributed by atoms with E-state index in [1.54, 1.807) is 25.3 Å². The van der Waals surface area contributed by atoms with E-state index in [1.165, 1.54) is 0 Å². The van der Waals surface area contributed by atoms with Gasteiger partial charge in [-0.3, -0.25) is 4.79 Å². The number of imidazole rings is 1. The summed E-state index contributed by atoms with van der Waals surface area (Å²) in [4.78, 5) is 20.1. The Bertz CT molecular complexity index is 1280. The Morgan fingerprint density at radius 2 is 1.83 bits per heavy atom. The molecule has 2 aliphatic rings. The minimum atomic E-state index is -1.49. The number of benzene rings is 2. The molecule has 2 aromatic carbocycles. The number of likely N-dealkylation sites (tertiary alicyclic amines) is 1. The molecule has 1 aliphatic carbocycles. The second-order valence-corrected chi connectivity index (χ2v) is 10.0. The number of nitrogens with zero attached hydrogens (tertiary/aromatic N) is 3. The molecule has 5 nitrogen and oxygen atoms in total. The molecule has 1 aromatic heterocycles. The Labute approximate surface area is 208 Å². The van der Waals surface area contributed by atoms with Crippen molar-refractivity contribution in [1.82, 2.24) is 14.5 Å². The average molecular weight is 498 g/mol. The van der Waals surface area contributed by atoms with Crippen LogP contribution in [0.4, 0.5) is 13.2 Å². The third-order valence-electron chi connectivity index (χ3n) is 8.04. The first-order valence-electron chi connectivity index (χ1n) is 12.4. The molecule has 2 heterocycles. The van der Waals surface area contributed by atoms with E-state index in [-0.39, 0.29) is 17.4 Å². The largest absolute Gasteiger partial charge is 0.495 e. The number of piperidine rings is 1. The number of halogens is 3. The zero-order valence-electron chi connectivity index (χ0n) is 20.7. The highest BCUT2D eigenvalue weighted by atomic mass is 19.2. The highest BCUT2D eigenvalue weighted by Crippen LogP contribution is 2.56. The molecule has 3 atom stereocenters. The van der Waals surface area contributed by atoms with E-state index in [4.69, 9.17) is 4.74 Å². The standard InChI is InChI=1S/C28H30F3N3O2/c1-17-15-33(16-32-17)24-8-7-19(14-25(24)36-3)21-6-4-9-28(21)10-5-11-34(27(28)35)18(2)20-12-22(29)26(31)23(30)13-20/h7-8,12-16,18,21H,4-6,9-11H2,1-3H3/t18-,21?,28?/m0/s1. The van der Waals surface area contributed by atoms with Gasteiger partial charge >= 0.3 is 0 Å². The SMILES string of the molecule is COc1cc(C2CCCC23CCCN([C@@H](C)c2cc(F)c(F)c(F)c2)C3=O)ccc1-n1cnc(C)c1. The molecule has 2 fully saturated rings. The van der Waals surface area contributed by atoms with E-state index in [0.717, 1.165) is 61.2 Å². The van der Waals surface area contributed by atoms with Crippen LogP contribution in [0.3, 0.4) is 0 Å². The summed E-state index contributed by atoms with van der Waals surface area (Å²) >= 11 is 0. The van der Waals surface area contributed by atoms with Crippen LogP contribution in [0.5, 0.6) is 5.75 Å². The number of hydrogen-bond acceptors (Lipinski definition) is 3. The van der Waals surface area contributed by atoms with Crippen LogP contribution in [-0.2, 0) is 4.79 Å². The summed E-state index contributed by atoms with van der Waals surface area (Å²) in [7, 11) is 1.63. The lowest BCUT2D eigenvalue weighted by Gasteiger charge is -2.45. The lowest BCUT2D eigenvalue weighted by molar-refractivity contribution is -0.149. The Kier molecular flexibility index (Phi) is 6.30. The Hall–Kier alpha value is -3.29. The van der Waals surface area contributed by atoms with Crippen LogP contribution in [0.25, 0.3) is 5.69 Å². The van der Waals surface area contributed by atoms with Crippen LogP contribution < -0.4 is 4.74 Å². The Morgan fingerprint density at radius 1 is 1.11 bits per heavy atom. The van der Waals surface area contributed by atoms with Crippen molar-refractivity contribution in [3.63, 3.8) is 0 Å². The smallest absolute Gasteiger partial charge is 0.229 e. The van der Waals surface area contributed by atoms with Gasteiger partial charge in [0.05, 0.1) is 36.3 Å². The summed E-state index contributed by atoms with van der Waals surface area (Å²) < 4.78 is 49.0. The maximum Gasteiger partial charge on any atom is 0.229 e. The van der Waals surface area contributed by atoms with Crippen molar-refractivity contribution in [3.05, 3.63) is 77.1 Å². The quantitative estimate of drug-likeness (QED) is 0.392. The maximum absolute atomic E-state index is 14.1. The molecule has 1 saturated carbocycles. The van der Waals surface area contributed by atoms with E-state index < -0.39 is 28.9 Å². The van der Waals surface area contributed by atoms with Crippen molar-refractivity contribution in [3.8, 4) is 11.4 Å². The topological polar surface area (TPSA) is 47.4 Å². The zero-order chi connectivity index (χ0) is 25.6. The van der Waals surface area contributed by atoms with E-state index in [1.807, 2.05) is 29.8 Å². The molecular formula is C28H30F3N3O2. The Balaban J connectivity index is 1.47. The summed E-state index contributed by atoms with van der Waals surface area (Å²) in [5.74, 6) is -3.26.